The van der Waals surface area contributed by atoms with E-state index in [0.717, 1.165) is 45.3 Å². The van der Waals surface area contributed by atoms with Gasteiger partial charge in [0.2, 0.25) is 5.91 Å². The maximum absolute atomic E-state index is 11.3. The highest BCUT2D eigenvalue weighted by Crippen LogP contribution is 2.34. The number of para-hydroxylation sites is 1. The van der Waals surface area contributed by atoms with E-state index in [1.807, 2.05) is 55.5 Å². The molecule has 0 saturated heterocycles. The van der Waals surface area contributed by atoms with Gasteiger partial charge < -0.3 is 24.9 Å². The first kappa shape index (κ1) is 27.0. The Hall–Kier alpha value is -3.59. The van der Waals surface area contributed by atoms with Crippen LogP contribution >= 0.6 is 11.6 Å². The lowest BCUT2D eigenvalue weighted by atomic mass is 10.0. The van der Waals surface area contributed by atoms with Crippen LogP contribution in [0.25, 0.3) is 21.8 Å². The molecule has 204 valence electrons. The Bertz CT molecular complexity index is 1480. The van der Waals surface area contributed by atoms with Crippen LogP contribution < -0.4 is 20.2 Å². The molecule has 3 aromatic carbocycles. The molecule has 0 spiro atoms. The normalized spacial score (nSPS) is 15.2. The number of hydrogen-bond donors (Lipinski definition) is 4. The lowest BCUT2D eigenvalue weighted by molar-refractivity contribution is -0.121. The molecule has 0 radical (unpaired) electrons. The summed E-state index contributed by atoms with van der Waals surface area (Å²) in [6.07, 6.45) is 1.43. The lowest BCUT2D eigenvalue weighted by Crippen LogP contribution is -2.39. The monoisotopic (exact) mass is 548 g/mol. The van der Waals surface area contributed by atoms with E-state index in [0.29, 0.717) is 49.7 Å². The van der Waals surface area contributed by atoms with Crippen molar-refractivity contribution in [2.45, 2.75) is 44.8 Å². The third-order valence-electron chi connectivity index (χ3n) is 6.88. The van der Waals surface area contributed by atoms with Crippen LogP contribution in [0, 0.1) is 0 Å². The number of nitrogens with zero attached hydrogens (tertiary/aromatic N) is 1. The van der Waals surface area contributed by atoms with Crippen molar-refractivity contribution in [3.8, 4) is 11.5 Å². The Balaban J connectivity index is 1.08. The average Bonchev–Trinajstić information content (AvgIpc) is 3.34. The Morgan fingerprint density at radius 2 is 1.92 bits per heavy atom. The molecular formula is C30H33ClN4O4. The number of ether oxygens (including phenoxy) is 2. The number of hydrogen-bond acceptors (Lipinski definition) is 6. The van der Waals surface area contributed by atoms with Crippen molar-refractivity contribution < 1.29 is 19.4 Å². The van der Waals surface area contributed by atoms with E-state index in [4.69, 9.17) is 21.1 Å². The van der Waals surface area contributed by atoms with Crippen LogP contribution in [0.15, 0.2) is 65.8 Å². The number of nitrogens with one attached hydrogen (secondary N) is 3. The first-order valence-corrected chi connectivity index (χ1v) is 13.7. The Labute approximate surface area is 232 Å². The van der Waals surface area contributed by atoms with Crippen molar-refractivity contribution in [3.05, 3.63) is 71.2 Å². The minimum absolute atomic E-state index is 0.0771. The second-order valence-electron chi connectivity index (χ2n) is 9.63. The molecule has 9 heteroatoms. The van der Waals surface area contributed by atoms with Crippen molar-refractivity contribution in [2.75, 3.05) is 19.7 Å². The molecule has 2 unspecified atom stereocenters. The van der Waals surface area contributed by atoms with Gasteiger partial charge >= 0.3 is 0 Å². The maximum Gasteiger partial charge on any atom is 0.240 e. The molecule has 1 aliphatic heterocycles. The topological polar surface area (TPSA) is 108 Å². The quantitative estimate of drug-likeness (QED) is 0.183. The molecule has 39 heavy (non-hydrogen) atoms. The summed E-state index contributed by atoms with van der Waals surface area (Å²) >= 11 is 6.41. The molecule has 0 fully saturated rings. The number of aliphatic hydroxyl groups excluding tert-OH is 1. The van der Waals surface area contributed by atoms with Gasteiger partial charge in [-0.15, -0.1) is 0 Å². The highest BCUT2D eigenvalue weighted by molar-refractivity contribution is 6.32. The van der Waals surface area contributed by atoms with Gasteiger partial charge in [-0.2, -0.15) is 5.10 Å². The zero-order valence-corrected chi connectivity index (χ0v) is 22.6. The van der Waals surface area contributed by atoms with Gasteiger partial charge in [0, 0.05) is 35.7 Å². The molecule has 5 rings (SSSR count). The number of aromatic amines is 1. The molecule has 1 aromatic heterocycles. The van der Waals surface area contributed by atoms with Crippen LogP contribution in [0.5, 0.6) is 11.5 Å². The number of carbonyl (C=O) groups excluding carboxylic acids is 1. The first-order valence-electron chi connectivity index (χ1n) is 13.4. The number of carbonyl (C=O) groups is 1. The summed E-state index contributed by atoms with van der Waals surface area (Å²) in [5.74, 6) is 1.30. The molecule has 0 saturated carbocycles. The fraction of sp³-hybridized carbons (Fsp3) is 0.333. The van der Waals surface area contributed by atoms with E-state index in [-0.39, 0.29) is 12.0 Å². The summed E-state index contributed by atoms with van der Waals surface area (Å²) in [6.45, 7) is 3.59. The molecular weight excluding hydrogens is 516 g/mol. The van der Waals surface area contributed by atoms with Gasteiger partial charge in [0.1, 0.15) is 23.7 Å². The Kier molecular flexibility index (Phi) is 8.66. The van der Waals surface area contributed by atoms with Gasteiger partial charge in [0.15, 0.2) is 0 Å². The number of fused-ring (bicyclic) bond motifs is 3. The van der Waals surface area contributed by atoms with Gasteiger partial charge in [-0.05, 0) is 61.3 Å². The third kappa shape index (κ3) is 6.36. The summed E-state index contributed by atoms with van der Waals surface area (Å²) in [5.41, 5.74) is 6.26. The predicted octanol–water partition coefficient (Wildman–Crippen LogP) is 5.17. The van der Waals surface area contributed by atoms with E-state index in [1.54, 1.807) is 0 Å². The fourth-order valence-electron chi connectivity index (χ4n) is 4.80. The van der Waals surface area contributed by atoms with Crippen LogP contribution in [0.3, 0.4) is 0 Å². The van der Waals surface area contributed by atoms with E-state index < -0.39 is 6.10 Å². The molecule has 1 aliphatic rings. The van der Waals surface area contributed by atoms with Gasteiger partial charge in [-0.25, -0.2) is 5.43 Å². The van der Waals surface area contributed by atoms with Crippen LogP contribution in [-0.4, -0.2) is 53.6 Å². The molecule has 0 aliphatic carbocycles. The van der Waals surface area contributed by atoms with E-state index in [9.17, 15) is 9.90 Å². The molecule has 2 heterocycles. The number of halogens is 1. The van der Waals surface area contributed by atoms with Crippen LogP contribution in [0.1, 0.15) is 38.2 Å². The largest absolute Gasteiger partial charge is 0.492 e. The fourth-order valence-corrected chi connectivity index (χ4v) is 5.04. The highest BCUT2D eigenvalue weighted by Gasteiger charge is 2.21. The van der Waals surface area contributed by atoms with Gasteiger partial charge in [-0.3, -0.25) is 4.79 Å². The summed E-state index contributed by atoms with van der Waals surface area (Å²) in [5, 5.41) is 20.9. The number of aliphatic hydroxyl groups is 1. The Morgan fingerprint density at radius 1 is 1.08 bits per heavy atom. The van der Waals surface area contributed by atoms with Crippen LogP contribution in [0.2, 0.25) is 5.02 Å². The second-order valence-corrected chi connectivity index (χ2v) is 10.0. The SMILES string of the molecule is CCC(Oc1cccc2[nH]c3ccccc3c12)C(O)CNCCCOc1ccc(C2=NNC(=O)CC2)cc1Cl. The molecule has 4 aromatic rings. The summed E-state index contributed by atoms with van der Waals surface area (Å²) in [6, 6.07) is 19.7. The smallest absolute Gasteiger partial charge is 0.240 e. The number of H-pyrrole nitrogens is 1. The van der Waals surface area contributed by atoms with E-state index >= 15 is 0 Å². The van der Waals surface area contributed by atoms with Crippen molar-refractivity contribution >= 4 is 45.0 Å². The lowest BCUT2D eigenvalue weighted by Gasteiger charge is -2.24. The summed E-state index contributed by atoms with van der Waals surface area (Å²) in [7, 11) is 0. The molecule has 8 nitrogen and oxygen atoms in total. The minimum atomic E-state index is -0.661. The van der Waals surface area contributed by atoms with Crippen molar-refractivity contribution in [3.63, 3.8) is 0 Å². The Morgan fingerprint density at radius 3 is 2.72 bits per heavy atom. The van der Waals surface area contributed by atoms with E-state index in [1.165, 1.54) is 0 Å². The average molecular weight is 549 g/mol. The standard InChI is InChI=1S/C30H33ClN4O4/c1-2-26(39-28-10-5-9-24-30(28)20-7-3-4-8-23(20)33-24)25(36)18-32-15-6-16-38-27-13-11-19(17-21(27)31)22-12-14-29(37)35-34-22/h3-5,7-11,13,17,25-26,32-33,36H,2,6,12,14-16,18H2,1H3,(H,35,37). The van der Waals surface area contributed by atoms with Gasteiger partial charge in [-0.1, -0.05) is 42.8 Å². The number of aromatic nitrogens is 1. The van der Waals surface area contributed by atoms with E-state index in [2.05, 4.69) is 33.0 Å². The summed E-state index contributed by atoms with van der Waals surface area (Å²) < 4.78 is 12.2. The number of benzene rings is 3. The van der Waals surface area contributed by atoms with Gasteiger partial charge in [0.05, 0.1) is 22.9 Å². The molecule has 0 bridgehead atoms. The number of rotatable bonds is 12. The zero-order valence-electron chi connectivity index (χ0n) is 21.9. The molecule has 2 atom stereocenters. The van der Waals surface area contributed by atoms with Crippen molar-refractivity contribution in [2.24, 2.45) is 5.10 Å². The predicted molar refractivity (Wildman–Crippen MR) is 155 cm³/mol. The van der Waals surface area contributed by atoms with Crippen LogP contribution in [0.4, 0.5) is 0 Å². The van der Waals surface area contributed by atoms with Crippen molar-refractivity contribution in [1.82, 2.24) is 15.7 Å². The number of amides is 1. The maximum atomic E-state index is 11.3. The van der Waals surface area contributed by atoms with Gasteiger partial charge in [0.25, 0.3) is 0 Å². The highest BCUT2D eigenvalue weighted by atomic mass is 35.5. The second kappa shape index (κ2) is 12.5. The summed E-state index contributed by atoms with van der Waals surface area (Å²) in [4.78, 5) is 14.7. The number of hydrazone groups is 1. The third-order valence-corrected chi connectivity index (χ3v) is 7.18. The van der Waals surface area contributed by atoms with Crippen LogP contribution in [-0.2, 0) is 4.79 Å². The van der Waals surface area contributed by atoms with Crippen molar-refractivity contribution in [1.29, 1.82) is 0 Å². The minimum Gasteiger partial charge on any atom is -0.492 e. The zero-order chi connectivity index (χ0) is 27.2. The molecule has 1 amide bonds. The first-order chi connectivity index (χ1) is 19.0. The molecule has 4 N–H and O–H groups in total.